The molecular weight excluding hydrogens is 249 g/mol. The van der Waals surface area contributed by atoms with Gasteiger partial charge in [-0.25, -0.2) is 4.39 Å². The number of carbonyl (C=O) groups is 1. The number of aromatic hydroxyl groups is 1. The first-order valence-corrected chi connectivity index (χ1v) is 5.60. The Bertz CT molecular complexity index is 599. The van der Waals surface area contributed by atoms with E-state index in [-0.39, 0.29) is 17.9 Å². The quantitative estimate of drug-likeness (QED) is 0.879. The lowest BCUT2D eigenvalue weighted by Gasteiger charge is -2.06. The normalized spacial score (nSPS) is 10.2. The lowest BCUT2D eigenvalue weighted by Crippen LogP contribution is -2.24. The molecule has 1 amide bonds. The molecule has 0 aliphatic rings. The smallest absolute Gasteiger partial charge is 0.254 e. The van der Waals surface area contributed by atoms with Gasteiger partial charge in [-0.1, -0.05) is 0 Å². The van der Waals surface area contributed by atoms with E-state index in [1.54, 1.807) is 19.3 Å². The molecule has 0 saturated heterocycles. The number of carbonyl (C=O) groups excluding carboxylic acids is 1. The predicted molar refractivity (Wildman–Crippen MR) is 66.0 cm³/mol. The molecule has 98 valence electrons. The lowest BCUT2D eigenvalue weighted by molar-refractivity contribution is 0.0946. The number of aromatic nitrogens is 2. The van der Waals surface area contributed by atoms with E-state index in [9.17, 15) is 9.18 Å². The Balaban J connectivity index is 2.03. The third-order valence-corrected chi connectivity index (χ3v) is 2.46. The first kappa shape index (κ1) is 12.9. The highest BCUT2D eigenvalue weighted by Crippen LogP contribution is 2.14. The summed E-state index contributed by atoms with van der Waals surface area (Å²) < 4.78 is 13.4. The number of nitrogens with zero attached hydrogens (tertiary/aromatic N) is 2. The zero-order chi connectivity index (χ0) is 13.8. The number of rotatable bonds is 3. The minimum absolute atomic E-state index is 0.127. The molecule has 6 heteroatoms. The van der Waals surface area contributed by atoms with E-state index in [2.05, 4.69) is 15.3 Å². The summed E-state index contributed by atoms with van der Waals surface area (Å²) in [5, 5.41) is 11.6. The van der Waals surface area contributed by atoms with Crippen LogP contribution in [0.25, 0.3) is 0 Å². The number of nitrogens with one attached hydrogen (secondary N) is 1. The summed E-state index contributed by atoms with van der Waals surface area (Å²) in [6.45, 7) is 1.97. The molecule has 0 fully saturated rings. The minimum Gasteiger partial charge on any atom is -0.508 e. The summed E-state index contributed by atoms with van der Waals surface area (Å²) in [6.07, 6.45) is 3.13. The summed E-state index contributed by atoms with van der Waals surface area (Å²) >= 11 is 0. The molecule has 0 radical (unpaired) electrons. The van der Waals surface area contributed by atoms with Crippen LogP contribution in [-0.2, 0) is 6.54 Å². The van der Waals surface area contributed by atoms with Crippen LogP contribution in [0.2, 0.25) is 0 Å². The molecule has 2 rings (SSSR count). The van der Waals surface area contributed by atoms with Gasteiger partial charge in [-0.15, -0.1) is 0 Å². The molecular formula is C13H12FN3O2. The van der Waals surface area contributed by atoms with Crippen molar-refractivity contribution in [2.24, 2.45) is 0 Å². The van der Waals surface area contributed by atoms with Gasteiger partial charge < -0.3 is 10.4 Å². The van der Waals surface area contributed by atoms with Crippen molar-refractivity contribution in [1.82, 2.24) is 15.3 Å². The predicted octanol–water partition coefficient (Wildman–Crippen LogP) is 1.56. The molecule has 0 unspecified atom stereocenters. The van der Waals surface area contributed by atoms with Gasteiger partial charge in [0.2, 0.25) is 0 Å². The molecule has 5 nitrogen and oxygen atoms in total. The second-order valence-electron chi connectivity index (χ2n) is 4.00. The number of hydrogen-bond acceptors (Lipinski definition) is 4. The third kappa shape index (κ3) is 3.25. The van der Waals surface area contributed by atoms with Gasteiger partial charge in [0.05, 0.1) is 29.7 Å². The number of aryl methyl sites for hydroxylation is 1. The van der Waals surface area contributed by atoms with Gasteiger partial charge in [0.25, 0.3) is 5.91 Å². The van der Waals surface area contributed by atoms with E-state index in [1.165, 1.54) is 12.1 Å². The molecule has 19 heavy (non-hydrogen) atoms. The van der Waals surface area contributed by atoms with E-state index in [0.717, 1.165) is 11.8 Å². The standard InChI is InChI=1S/C13H12FN3O2/c1-8-5-16-9(6-15-8)7-17-13(19)11-3-2-10(18)4-12(11)14/h2-6,18H,7H2,1H3,(H,17,19). The lowest BCUT2D eigenvalue weighted by atomic mass is 10.2. The molecule has 2 aromatic rings. The monoisotopic (exact) mass is 261 g/mol. The van der Waals surface area contributed by atoms with Crippen molar-refractivity contribution >= 4 is 5.91 Å². The third-order valence-electron chi connectivity index (χ3n) is 2.46. The molecule has 0 bridgehead atoms. The Morgan fingerprint density at radius 2 is 2.16 bits per heavy atom. The zero-order valence-electron chi connectivity index (χ0n) is 10.2. The summed E-state index contributed by atoms with van der Waals surface area (Å²) in [4.78, 5) is 19.8. The molecule has 0 aliphatic heterocycles. The van der Waals surface area contributed by atoms with Crippen molar-refractivity contribution in [3.63, 3.8) is 0 Å². The maximum absolute atomic E-state index is 13.4. The van der Waals surface area contributed by atoms with Crippen LogP contribution in [0.1, 0.15) is 21.7 Å². The Morgan fingerprint density at radius 1 is 1.37 bits per heavy atom. The first-order chi connectivity index (χ1) is 9.06. The van der Waals surface area contributed by atoms with Crippen LogP contribution in [0, 0.1) is 12.7 Å². The summed E-state index contributed by atoms with van der Waals surface area (Å²) in [5.41, 5.74) is 1.23. The van der Waals surface area contributed by atoms with Crippen LogP contribution in [-0.4, -0.2) is 21.0 Å². The highest BCUT2D eigenvalue weighted by Gasteiger charge is 2.12. The van der Waals surface area contributed by atoms with E-state index in [4.69, 9.17) is 5.11 Å². The van der Waals surface area contributed by atoms with E-state index >= 15 is 0 Å². The van der Waals surface area contributed by atoms with Crippen molar-refractivity contribution in [3.8, 4) is 5.75 Å². The van der Waals surface area contributed by atoms with Crippen LogP contribution in [0.5, 0.6) is 5.75 Å². The fourth-order valence-electron chi connectivity index (χ4n) is 1.46. The van der Waals surface area contributed by atoms with Gasteiger partial charge >= 0.3 is 0 Å². The number of benzene rings is 1. The highest BCUT2D eigenvalue weighted by molar-refractivity contribution is 5.94. The summed E-state index contributed by atoms with van der Waals surface area (Å²) in [5.74, 6) is -1.56. The van der Waals surface area contributed by atoms with Crippen molar-refractivity contribution in [3.05, 3.63) is 53.4 Å². The highest BCUT2D eigenvalue weighted by atomic mass is 19.1. The largest absolute Gasteiger partial charge is 0.508 e. The van der Waals surface area contributed by atoms with E-state index < -0.39 is 11.7 Å². The minimum atomic E-state index is -0.771. The van der Waals surface area contributed by atoms with Gasteiger partial charge in [-0.2, -0.15) is 0 Å². The van der Waals surface area contributed by atoms with E-state index in [1.807, 2.05) is 0 Å². The van der Waals surface area contributed by atoms with Gasteiger partial charge in [0.15, 0.2) is 0 Å². The maximum atomic E-state index is 13.4. The van der Waals surface area contributed by atoms with Crippen LogP contribution in [0.3, 0.4) is 0 Å². The Labute approximate surface area is 109 Å². The Morgan fingerprint density at radius 3 is 2.79 bits per heavy atom. The van der Waals surface area contributed by atoms with Crippen LogP contribution >= 0.6 is 0 Å². The summed E-state index contributed by atoms with van der Waals surface area (Å²) in [6, 6.07) is 3.37. The molecule has 0 saturated carbocycles. The van der Waals surface area contributed by atoms with Gasteiger partial charge in [-0.3, -0.25) is 14.8 Å². The van der Waals surface area contributed by atoms with Crippen LogP contribution < -0.4 is 5.32 Å². The number of hydrogen-bond donors (Lipinski definition) is 2. The zero-order valence-corrected chi connectivity index (χ0v) is 10.2. The average Bonchev–Trinajstić information content (AvgIpc) is 2.37. The Hall–Kier alpha value is -2.50. The summed E-state index contributed by atoms with van der Waals surface area (Å²) in [7, 11) is 0. The molecule has 1 heterocycles. The first-order valence-electron chi connectivity index (χ1n) is 5.60. The number of halogens is 1. The van der Waals surface area contributed by atoms with Crippen molar-refractivity contribution in [2.75, 3.05) is 0 Å². The molecule has 1 aromatic carbocycles. The number of amides is 1. The van der Waals surface area contributed by atoms with Crippen molar-refractivity contribution < 1.29 is 14.3 Å². The molecule has 2 N–H and O–H groups in total. The Kier molecular flexibility index (Phi) is 3.70. The van der Waals surface area contributed by atoms with Gasteiger partial charge in [-0.05, 0) is 19.1 Å². The van der Waals surface area contributed by atoms with Gasteiger partial charge in [0.1, 0.15) is 11.6 Å². The van der Waals surface area contributed by atoms with E-state index in [0.29, 0.717) is 5.69 Å². The number of phenols is 1. The second-order valence-corrected chi connectivity index (χ2v) is 4.00. The van der Waals surface area contributed by atoms with Crippen LogP contribution in [0.4, 0.5) is 4.39 Å². The average molecular weight is 261 g/mol. The maximum Gasteiger partial charge on any atom is 0.254 e. The van der Waals surface area contributed by atoms with Crippen molar-refractivity contribution in [1.29, 1.82) is 0 Å². The fraction of sp³-hybridized carbons (Fsp3) is 0.154. The second kappa shape index (κ2) is 5.43. The van der Waals surface area contributed by atoms with Gasteiger partial charge in [0, 0.05) is 12.3 Å². The van der Waals surface area contributed by atoms with Crippen molar-refractivity contribution in [2.45, 2.75) is 13.5 Å². The fourth-order valence-corrected chi connectivity index (χ4v) is 1.46. The molecule has 1 aromatic heterocycles. The topological polar surface area (TPSA) is 75.1 Å². The molecule has 0 aliphatic carbocycles. The van der Waals surface area contributed by atoms with Crippen LogP contribution in [0.15, 0.2) is 30.6 Å². The molecule has 0 atom stereocenters. The SMILES string of the molecule is Cc1cnc(CNC(=O)c2ccc(O)cc2F)cn1. The molecule has 0 spiro atoms. The number of phenolic OH excluding ortho intramolecular Hbond substituents is 1.